The molecule has 1 aromatic heterocycles. The van der Waals surface area contributed by atoms with Gasteiger partial charge in [0.05, 0.1) is 13.2 Å². The number of carbonyl (C=O) groups excluding carboxylic acids is 1. The molecular formula is C21H19FN2O2. The molecule has 0 aliphatic carbocycles. The van der Waals surface area contributed by atoms with Crippen molar-refractivity contribution in [1.29, 1.82) is 0 Å². The van der Waals surface area contributed by atoms with Crippen LogP contribution >= 0.6 is 0 Å². The highest BCUT2D eigenvalue weighted by Crippen LogP contribution is 2.25. The maximum absolute atomic E-state index is 14.0. The average molecular weight is 350 g/mol. The van der Waals surface area contributed by atoms with E-state index in [-0.39, 0.29) is 11.7 Å². The molecule has 1 unspecified atom stereocenters. The molecule has 0 spiro atoms. The van der Waals surface area contributed by atoms with E-state index < -0.39 is 6.10 Å². The van der Waals surface area contributed by atoms with Crippen molar-refractivity contribution in [3.05, 3.63) is 90.0 Å². The molecule has 0 saturated carbocycles. The zero-order chi connectivity index (χ0) is 17.9. The van der Waals surface area contributed by atoms with E-state index in [0.29, 0.717) is 30.8 Å². The highest BCUT2D eigenvalue weighted by molar-refractivity contribution is 5.94. The Balaban J connectivity index is 1.55. The van der Waals surface area contributed by atoms with Crippen molar-refractivity contribution in [2.75, 3.05) is 19.7 Å². The van der Waals surface area contributed by atoms with E-state index >= 15 is 0 Å². The third kappa shape index (κ3) is 3.26. The zero-order valence-electron chi connectivity index (χ0n) is 14.2. The Labute approximate surface area is 151 Å². The van der Waals surface area contributed by atoms with Crippen LogP contribution in [0.1, 0.15) is 22.0 Å². The van der Waals surface area contributed by atoms with Crippen LogP contribution in [0.2, 0.25) is 0 Å². The average Bonchev–Trinajstić information content (AvgIpc) is 3.23. The first-order valence-electron chi connectivity index (χ1n) is 8.61. The topological polar surface area (TPSA) is 34.5 Å². The first-order valence-corrected chi connectivity index (χ1v) is 8.61. The molecule has 4 rings (SSSR count). The molecule has 1 amide bonds. The zero-order valence-corrected chi connectivity index (χ0v) is 14.2. The van der Waals surface area contributed by atoms with Crippen LogP contribution in [-0.4, -0.2) is 35.1 Å². The molecule has 2 aromatic carbocycles. The Hall–Kier alpha value is -2.92. The van der Waals surface area contributed by atoms with Crippen molar-refractivity contribution in [3.63, 3.8) is 0 Å². The Bertz CT molecular complexity index is 908. The van der Waals surface area contributed by atoms with E-state index in [4.69, 9.17) is 4.74 Å². The lowest BCUT2D eigenvalue weighted by Crippen LogP contribution is -2.42. The first-order chi connectivity index (χ1) is 12.7. The van der Waals surface area contributed by atoms with Crippen LogP contribution in [0.15, 0.2) is 73.1 Å². The number of morpholine rings is 1. The van der Waals surface area contributed by atoms with Gasteiger partial charge >= 0.3 is 0 Å². The number of aromatic nitrogens is 1. The lowest BCUT2D eigenvalue weighted by molar-refractivity contribution is -0.0243. The van der Waals surface area contributed by atoms with Gasteiger partial charge in [0.25, 0.3) is 5.91 Å². The second-order valence-corrected chi connectivity index (χ2v) is 6.27. The molecule has 1 fully saturated rings. The summed E-state index contributed by atoms with van der Waals surface area (Å²) in [6, 6.07) is 17.9. The Morgan fingerprint density at radius 2 is 1.85 bits per heavy atom. The fourth-order valence-corrected chi connectivity index (χ4v) is 3.25. The molecule has 0 radical (unpaired) electrons. The molecule has 1 atom stereocenters. The molecule has 0 N–H and O–H groups in total. The first kappa shape index (κ1) is 16.5. The number of ether oxygens (including phenoxy) is 1. The summed E-state index contributed by atoms with van der Waals surface area (Å²) in [5.74, 6) is -0.370. The number of halogens is 1. The van der Waals surface area contributed by atoms with Gasteiger partial charge in [0.1, 0.15) is 11.9 Å². The van der Waals surface area contributed by atoms with E-state index in [9.17, 15) is 9.18 Å². The fourth-order valence-electron chi connectivity index (χ4n) is 3.25. The lowest BCUT2D eigenvalue weighted by Gasteiger charge is -2.33. The van der Waals surface area contributed by atoms with Crippen LogP contribution in [0.4, 0.5) is 4.39 Å². The van der Waals surface area contributed by atoms with E-state index in [2.05, 4.69) is 0 Å². The second-order valence-electron chi connectivity index (χ2n) is 6.27. The van der Waals surface area contributed by atoms with Crippen molar-refractivity contribution >= 4 is 5.91 Å². The minimum absolute atomic E-state index is 0.0661. The van der Waals surface area contributed by atoms with Crippen LogP contribution in [0.3, 0.4) is 0 Å². The Morgan fingerprint density at radius 1 is 1.04 bits per heavy atom. The number of nitrogens with zero attached hydrogens (tertiary/aromatic N) is 2. The molecule has 132 valence electrons. The summed E-state index contributed by atoms with van der Waals surface area (Å²) in [6.45, 7) is 1.23. The quantitative estimate of drug-likeness (QED) is 0.719. The summed E-state index contributed by atoms with van der Waals surface area (Å²) < 4.78 is 21.7. The number of benzene rings is 2. The summed E-state index contributed by atoms with van der Waals surface area (Å²) in [4.78, 5) is 14.7. The number of hydrogen-bond donors (Lipinski definition) is 0. The van der Waals surface area contributed by atoms with E-state index in [0.717, 1.165) is 5.69 Å². The Kier molecular flexibility index (Phi) is 4.54. The van der Waals surface area contributed by atoms with E-state index in [1.165, 1.54) is 6.07 Å². The largest absolute Gasteiger partial charge is 0.370 e. The minimum atomic E-state index is -0.443. The van der Waals surface area contributed by atoms with Gasteiger partial charge in [0.2, 0.25) is 0 Å². The second kappa shape index (κ2) is 7.14. The summed E-state index contributed by atoms with van der Waals surface area (Å²) in [5.41, 5.74) is 2.04. The van der Waals surface area contributed by atoms with Gasteiger partial charge in [-0.1, -0.05) is 24.3 Å². The van der Waals surface area contributed by atoms with Gasteiger partial charge in [0.15, 0.2) is 0 Å². The summed E-state index contributed by atoms with van der Waals surface area (Å²) in [7, 11) is 0. The van der Waals surface area contributed by atoms with Crippen LogP contribution in [-0.2, 0) is 4.74 Å². The smallest absolute Gasteiger partial charge is 0.254 e. The van der Waals surface area contributed by atoms with Gasteiger partial charge in [-0.05, 0) is 36.4 Å². The molecule has 1 aliphatic rings. The molecule has 26 heavy (non-hydrogen) atoms. The standard InChI is InChI=1S/C21H19FN2O2/c22-19-9-2-1-8-18(19)20-15-24(12-13-26-20)21(25)16-6-5-7-17(14-16)23-10-3-4-11-23/h1-11,14,20H,12-13,15H2. The molecule has 4 nitrogen and oxygen atoms in total. The summed E-state index contributed by atoms with van der Waals surface area (Å²) in [6.07, 6.45) is 3.43. The van der Waals surface area contributed by atoms with E-state index in [1.807, 2.05) is 53.4 Å². The number of amides is 1. The molecule has 5 heteroatoms. The van der Waals surface area contributed by atoms with Gasteiger partial charge in [-0.25, -0.2) is 4.39 Å². The van der Waals surface area contributed by atoms with Gasteiger partial charge in [0, 0.05) is 35.8 Å². The predicted molar refractivity (Wildman–Crippen MR) is 96.8 cm³/mol. The van der Waals surface area contributed by atoms with E-state index in [1.54, 1.807) is 23.1 Å². The van der Waals surface area contributed by atoms with Gasteiger partial charge in [-0.3, -0.25) is 4.79 Å². The normalized spacial score (nSPS) is 17.3. The summed E-state index contributed by atoms with van der Waals surface area (Å²) in [5, 5.41) is 0. The predicted octanol–water partition coefficient (Wildman–Crippen LogP) is 3.83. The monoisotopic (exact) mass is 350 g/mol. The fraction of sp³-hybridized carbons (Fsp3) is 0.190. The molecule has 1 aliphatic heterocycles. The van der Waals surface area contributed by atoms with Crippen molar-refractivity contribution in [3.8, 4) is 5.69 Å². The van der Waals surface area contributed by atoms with Gasteiger partial charge in [-0.15, -0.1) is 0 Å². The highest BCUT2D eigenvalue weighted by atomic mass is 19.1. The van der Waals surface area contributed by atoms with Crippen LogP contribution in [0.5, 0.6) is 0 Å². The van der Waals surface area contributed by atoms with Gasteiger partial charge < -0.3 is 14.2 Å². The van der Waals surface area contributed by atoms with Crippen molar-refractivity contribution in [2.24, 2.45) is 0 Å². The molecule has 2 heterocycles. The minimum Gasteiger partial charge on any atom is -0.370 e. The van der Waals surface area contributed by atoms with Crippen molar-refractivity contribution < 1.29 is 13.9 Å². The molecule has 3 aromatic rings. The Morgan fingerprint density at radius 3 is 2.65 bits per heavy atom. The summed E-state index contributed by atoms with van der Waals surface area (Å²) >= 11 is 0. The van der Waals surface area contributed by atoms with Crippen LogP contribution in [0.25, 0.3) is 5.69 Å². The number of rotatable bonds is 3. The third-order valence-corrected chi connectivity index (χ3v) is 4.60. The third-order valence-electron chi connectivity index (χ3n) is 4.60. The maximum Gasteiger partial charge on any atom is 0.254 e. The van der Waals surface area contributed by atoms with Crippen LogP contribution < -0.4 is 0 Å². The lowest BCUT2D eigenvalue weighted by atomic mass is 10.1. The van der Waals surface area contributed by atoms with Crippen LogP contribution in [0, 0.1) is 5.82 Å². The van der Waals surface area contributed by atoms with Crippen molar-refractivity contribution in [1.82, 2.24) is 9.47 Å². The van der Waals surface area contributed by atoms with Crippen molar-refractivity contribution in [2.45, 2.75) is 6.10 Å². The molecule has 1 saturated heterocycles. The number of carbonyl (C=O) groups is 1. The SMILES string of the molecule is O=C(c1cccc(-n2cccc2)c1)N1CCOC(c2ccccc2F)C1. The van der Waals surface area contributed by atoms with Gasteiger partial charge in [-0.2, -0.15) is 0 Å². The maximum atomic E-state index is 14.0. The molecule has 0 bridgehead atoms. The number of hydrogen-bond acceptors (Lipinski definition) is 2. The highest BCUT2D eigenvalue weighted by Gasteiger charge is 2.27. The molecular weight excluding hydrogens is 331 g/mol.